The Morgan fingerprint density at radius 1 is 1.47 bits per heavy atom. The molecule has 1 aliphatic rings. The fourth-order valence-corrected chi connectivity index (χ4v) is 3.27. The number of aliphatic hydroxyl groups is 1. The quantitative estimate of drug-likeness (QED) is 0.944. The molecule has 5 heteroatoms. The van der Waals surface area contributed by atoms with Crippen LogP contribution in [0.15, 0.2) is 34.9 Å². The maximum absolute atomic E-state index is 9.76. The summed E-state index contributed by atoms with van der Waals surface area (Å²) in [5.74, 6) is 0. The summed E-state index contributed by atoms with van der Waals surface area (Å²) in [4.78, 5) is 0. The van der Waals surface area contributed by atoms with E-state index in [1.807, 2.05) is 23.7 Å². The Morgan fingerprint density at radius 2 is 2.26 bits per heavy atom. The number of hydrogen-bond donors (Lipinski definition) is 1. The first-order chi connectivity index (χ1) is 9.09. The van der Waals surface area contributed by atoms with E-state index in [0.717, 1.165) is 29.6 Å². The van der Waals surface area contributed by atoms with Gasteiger partial charge in [-0.1, -0.05) is 33.3 Å². The number of aromatic nitrogens is 3. The van der Waals surface area contributed by atoms with Crippen molar-refractivity contribution in [2.75, 3.05) is 0 Å². The summed E-state index contributed by atoms with van der Waals surface area (Å²) in [6, 6.07) is 8.33. The van der Waals surface area contributed by atoms with Gasteiger partial charge in [-0.3, -0.25) is 0 Å². The van der Waals surface area contributed by atoms with Gasteiger partial charge >= 0.3 is 0 Å². The van der Waals surface area contributed by atoms with Gasteiger partial charge in [0.15, 0.2) is 0 Å². The molecule has 0 atom stereocenters. The van der Waals surface area contributed by atoms with E-state index in [1.165, 1.54) is 5.56 Å². The second-order valence-electron chi connectivity index (χ2n) is 5.39. The van der Waals surface area contributed by atoms with Crippen molar-refractivity contribution in [2.45, 2.75) is 37.8 Å². The fraction of sp³-hybridized carbons (Fsp3) is 0.429. The highest BCUT2D eigenvalue weighted by Gasteiger charge is 2.45. The van der Waals surface area contributed by atoms with E-state index in [2.05, 4.69) is 38.4 Å². The standard InChI is InChI=1S/C14H16BrN3O/c1-10-8-16-17-18(10)9-14(6-13(19)7-14)11-3-2-4-12(15)5-11/h2-5,8,13,19H,6-7,9H2,1H3. The molecule has 4 nitrogen and oxygen atoms in total. The highest BCUT2D eigenvalue weighted by atomic mass is 79.9. The summed E-state index contributed by atoms with van der Waals surface area (Å²) in [5, 5.41) is 17.8. The molecule has 0 bridgehead atoms. The van der Waals surface area contributed by atoms with E-state index in [1.54, 1.807) is 6.20 Å². The van der Waals surface area contributed by atoms with Crippen molar-refractivity contribution in [3.05, 3.63) is 46.2 Å². The van der Waals surface area contributed by atoms with Crippen molar-refractivity contribution in [2.24, 2.45) is 0 Å². The van der Waals surface area contributed by atoms with E-state index in [0.29, 0.717) is 0 Å². The average molecular weight is 322 g/mol. The first kappa shape index (κ1) is 12.8. The van der Waals surface area contributed by atoms with E-state index < -0.39 is 0 Å². The van der Waals surface area contributed by atoms with Gasteiger partial charge in [0.2, 0.25) is 0 Å². The van der Waals surface area contributed by atoms with Gasteiger partial charge in [-0.05, 0) is 37.5 Å². The van der Waals surface area contributed by atoms with Gasteiger partial charge in [0, 0.05) is 9.89 Å². The van der Waals surface area contributed by atoms with Crippen LogP contribution in [0.1, 0.15) is 24.1 Å². The number of aryl methyl sites for hydroxylation is 1. The molecule has 1 saturated carbocycles. The highest BCUT2D eigenvalue weighted by molar-refractivity contribution is 9.10. The molecule has 1 fully saturated rings. The van der Waals surface area contributed by atoms with Crippen molar-refractivity contribution < 1.29 is 5.11 Å². The van der Waals surface area contributed by atoms with Crippen LogP contribution in [0.25, 0.3) is 0 Å². The zero-order valence-corrected chi connectivity index (χ0v) is 12.3. The molecule has 1 aromatic carbocycles. The Balaban J connectivity index is 1.94. The van der Waals surface area contributed by atoms with Gasteiger partial charge in [0.1, 0.15) is 0 Å². The van der Waals surface area contributed by atoms with Crippen molar-refractivity contribution in [1.82, 2.24) is 15.0 Å². The average Bonchev–Trinajstić information content (AvgIpc) is 2.72. The molecule has 0 unspecified atom stereocenters. The minimum atomic E-state index is -0.206. The zero-order valence-electron chi connectivity index (χ0n) is 10.8. The minimum Gasteiger partial charge on any atom is -0.393 e. The molecule has 0 radical (unpaired) electrons. The smallest absolute Gasteiger partial charge is 0.0722 e. The monoisotopic (exact) mass is 321 g/mol. The van der Waals surface area contributed by atoms with Crippen LogP contribution >= 0.6 is 15.9 Å². The second-order valence-corrected chi connectivity index (χ2v) is 6.30. The molecule has 0 saturated heterocycles. The first-order valence-corrected chi connectivity index (χ1v) is 7.18. The van der Waals surface area contributed by atoms with Crippen LogP contribution in [0.2, 0.25) is 0 Å². The van der Waals surface area contributed by atoms with Gasteiger partial charge in [-0.25, -0.2) is 4.68 Å². The Morgan fingerprint density at radius 3 is 2.84 bits per heavy atom. The van der Waals surface area contributed by atoms with Gasteiger partial charge in [0.25, 0.3) is 0 Å². The van der Waals surface area contributed by atoms with Crippen molar-refractivity contribution >= 4 is 15.9 Å². The third kappa shape index (κ3) is 2.32. The number of benzene rings is 1. The molecule has 0 spiro atoms. The second kappa shape index (κ2) is 4.72. The Labute approximate surface area is 120 Å². The predicted molar refractivity (Wildman–Crippen MR) is 75.8 cm³/mol. The zero-order chi connectivity index (χ0) is 13.5. The third-order valence-electron chi connectivity index (χ3n) is 3.95. The van der Waals surface area contributed by atoms with Gasteiger partial charge < -0.3 is 5.11 Å². The number of aliphatic hydroxyl groups excluding tert-OH is 1. The topological polar surface area (TPSA) is 50.9 Å². The van der Waals surface area contributed by atoms with Crippen LogP contribution in [-0.4, -0.2) is 26.2 Å². The maximum Gasteiger partial charge on any atom is 0.0722 e. The molecule has 19 heavy (non-hydrogen) atoms. The molecule has 1 heterocycles. The summed E-state index contributed by atoms with van der Waals surface area (Å²) >= 11 is 3.52. The minimum absolute atomic E-state index is 0.0261. The van der Waals surface area contributed by atoms with Crippen LogP contribution in [0.4, 0.5) is 0 Å². The van der Waals surface area contributed by atoms with Crippen LogP contribution in [0.3, 0.4) is 0 Å². The molecule has 1 aliphatic carbocycles. The molecular formula is C14H16BrN3O. The highest BCUT2D eigenvalue weighted by Crippen LogP contribution is 2.45. The third-order valence-corrected chi connectivity index (χ3v) is 4.45. The van der Waals surface area contributed by atoms with Gasteiger partial charge in [-0.15, -0.1) is 5.10 Å². The van der Waals surface area contributed by atoms with Crippen molar-refractivity contribution in [1.29, 1.82) is 0 Å². The number of rotatable bonds is 3. The molecule has 0 amide bonds. The fourth-order valence-electron chi connectivity index (χ4n) is 2.87. The lowest BCUT2D eigenvalue weighted by Crippen LogP contribution is -2.48. The normalized spacial score (nSPS) is 26.2. The van der Waals surface area contributed by atoms with Gasteiger partial charge in [0.05, 0.1) is 24.5 Å². The lowest BCUT2D eigenvalue weighted by Gasteiger charge is -2.46. The molecule has 3 rings (SSSR count). The molecule has 100 valence electrons. The van der Waals surface area contributed by atoms with Crippen molar-refractivity contribution in [3.63, 3.8) is 0 Å². The lowest BCUT2D eigenvalue weighted by atomic mass is 9.62. The SMILES string of the molecule is Cc1cnnn1CC1(c2cccc(Br)c2)CC(O)C1. The summed E-state index contributed by atoms with van der Waals surface area (Å²) in [6.45, 7) is 2.77. The Hall–Kier alpha value is -1.20. The summed E-state index contributed by atoms with van der Waals surface area (Å²) in [7, 11) is 0. The van der Waals surface area contributed by atoms with E-state index in [9.17, 15) is 5.11 Å². The number of hydrogen-bond acceptors (Lipinski definition) is 3. The summed E-state index contributed by atoms with van der Waals surface area (Å²) in [5.41, 5.74) is 2.28. The number of halogens is 1. The lowest BCUT2D eigenvalue weighted by molar-refractivity contribution is 0.00633. The van der Waals surface area contributed by atoms with Crippen LogP contribution < -0.4 is 0 Å². The molecular weight excluding hydrogens is 306 g/mol. The van der Waals surface area contributed by atoms with E-state index in [-0.39, 0.29) is 11.5 Å². The number of nitrogens with zero attached hydrogens (tertiary/aromatic N) is 3. The largest absolute Gasteiger partial charge is 0.393 e. The van der Waals surface area contributed by atoms with E-state index in [4.69, 9.17) is 0 Å². The maximum atomic E-state index is 9.76. The molecule has 1 aromatic heterocycles. The predicted octanol–water partition coefficient (Wildman–Crippen LogP) is 2.44. The van der Waals surface area contributed by atoms with E-state index >= 15 is 0 Å². The Kier molecular flexibility index (Phi) is 3.19. The molecule has 2 aromatic rings. The van der Waals surface area contributed by atoms with Gasteiger partial charge in [-0.2, -0.15) is 0 Å². The Bertz CT molecular complexity index is 590. The van der Waals surface area contributed by atoms with Crippen LogP contribution in [0, 0.1) is 6.92 Å². The molecule has 1 N–H and O–H groups in total. The van der Waals surface area contributed by atoms with Crippen LogP contribution in [0.5, 0.6) is 0 Å². The first-order valence-electron chi connectivity index (χ1n) is 6.38. The van der Waals surface area contributed by atoms with Crippen molar-refractivity contribution in [3.8, 4) is 0 Å². The van der Waals surface area contributed by atoms with Crippen LogP contribution in [-0.2, 0) is 12.0 Å². The molecule has 0 aliphatic heterocycles. The summed E-state index contributed by atoms with van der Waals surface area (Å²) in [6.07, 6.45) is 3.12. The summed E-state index contributed by atoms with van der Waals surface area (Å²) < 4.78 is 2.99.